The molecule has 3 heteroatoms. The number of hydrogen-bond acceptors (Lipinski definition) is 3. The van der Waals surface area contributed by atoms with Gasteiger partial charge in [0.1, 0.15) is 12.0 Å². The van der Waals surface area contributed by atoms with Gasteiger partial charge in [-0.15, -0.1) is 0 Å². The van der Waals surface area contributed by atoms with E-state index in [9.17, 15) is 4.79 Å². The minimum absolute atomic E-state index is 0.0909. The fraction of sp³-hybridized carbons (Fsp3) is 0.643. The number of aldehydes is 1. The summed E-state index contributed by atoms with van der Waals surface area (Å²) in [4.78, 5) is 13.5. The van der Waals surface area contributed by atoms with E-state index in [2.05, 4.69) is 11.9 Å². The van der Waals surface area contributed by atoms with Crippen LogP contribution < -0.4 is 0 Å². The Morgan fingerprint density at radius 1 is 1.47 bits per heavy atom. The molecule has 1 aliphatic carbocycles. The van der Waals surface area contributed by atoms with Crippen LogP contribution in [0.25, 0.3) is 0 Å². The molecule has 1 aromatic rings. The minimum atomic E-state index is -0.0909. The Morgan fingerprint density at radius 3 is 2.71 bits per heavy atom. The van der Waals surface area contributed by atoms with Crippen LogP contribution in [0, 0.1) is 12.3 Å². The van der Waals surface area contributed by atoms with Gasteiger partial charge >= 0.3 is 0 Å². The highest BCUT2D eigenvalue weighted by Gasteiger charge is 2.34. The van der Waals surface area contributed by atoms with Crippen LogP contribution in [-0.4, -0.2) is 24.8 Å². The Kier molecular flexibility index (Phi) is 3.67. The highest BCUT2D eigenvalue weighted by Crippen LogP contribution is 2.36. The average Bonchev–Trinajstić information content (AvgIpc) is 2.90. The van der Waals surface area contributed by atoms with Gasteiger partial charge in [0.25, 0.3) is 0 Å². The van der Waals surface area contributed by atoms with Crippen LogP contribution in [0.4, 0.5) is 0 Å². The highest BCUT2D eigenvalue weighted by molar-refractivity contribution is 5.60. The predicted molar refractivity (Wildman–Crippen MR) is 66.7 cm³/mol. The van der Waals surface area contributed by atoms with Crippen LogP contribution in [0.5, 0.6) is 0 Å². The Bertz CT molecular complexity index is 377. The number of furan rings is 1. The molecule has 1 aromatic heterocycles. The predicted octanol–water partition coefficient (Wildman–Crippen LogP) is 2.78. The first-order chi connectivity index (χ1) is 8.15. The number of aryl methyl sites for hydroxylation is 1. The number of carbonyl (C=O) groups is 1. The zero-order valence-corrected chi connectivity index (χ0v) is 10.7. The lowest BCUT2D eigenvalue weighted by Crippen LogP contribution is -2.34. The van der Waals surface area contributed by atoms with Crippen LogP contribution in [0.1, 0.15) is 37.0 Å². The molecule has 2 rings (SSSR count). The molecule has 0 N–H and O–H groups in total. The first-order valence-corrected chi connectivity index (χ1v) is 6.33. The van der Waals surface area contributed by atoms with Gasteiger partial charge in [0.15, 0.2) is 0 Å². The monoisotopic (exact) mass is 235 g/mol. The number of nitrogens with zero attached hydrogens (tertiary/aromatic N) is 1. The molecule has 1 fully saturated rings. The third kappa shape index (κ3) is 2.78. The second-order valence-electron chi connectivity index (χ2n) is 5.36. The average molecular weight is 235 g/mol. The summed E-state index contributed by atoms with van der Waals surface area (Å²) in [6.45, 7) is 3.70. The van der Waals surface area contributed by atoms with E-state index in [4.69, 9.17) is 4.42 Å². The lowest BCUT2D eigenvalue weighted by atomic mass is 9.87. The van der Waals surface area contributed by atoms with Gasteiger partial charge in [0, 0.05) is 24.1 Å². The fourth-order valence-corrected chi connectivity index (χ4v) is 2.85. The summed E-state index contributed by atoms with van der Waals surface area (Å²) in [6, 6.07) is 2.01. The van der Waals surface area contributed by atoms with E-state index in [1.165, 1.54) is 24.7 Å². The van der Waals surface area contributed by atoms with E-state index >= 15 is 0 Å². The van der Waals surface area contributed by atoms with Gasteiger partial charge in [-0.05, 0) is 32.9 Å². The van der Waals surface area contributed by atoms with Gasteiger partial charge in [-0.2, -0.15) is 0 Å². The van der Waals surface area contributed by atoms with Gasteiger partial charge in [-0.3, -0.25) is 0 Å². The Labute approximate surface area is 103 Å². The number of hydrogen-bond donors (Lipinski definition) is 0. The lowest BCUT2D eigenvalue weighted by molar-refractivity contribution is -0.116. The largest absolute Gasteiger partial charge is 0.469 e. The van der Waals surface area contributed by atoms with Gasteiger partial charge in [0.05, 0.1) is 6.26 Å². The zero-order chi connectivity index (χ0) is 12.3. The van der Waals surface area contributed by atoms with Crippen LogP contribution in [0.2, 0.25) is 0 Å². The van der Waals surface area contributed by atoms with Crippen LogP contribution in [0.3, 0.4) is 0 Å². The maximum atomic E-state index is 11.3. The number of carbonyl (C=O) groups excluding carboxylic acids is 1. The first kappa shape index (κ1) is 12.4. The Balaban J connectivity index is 1.94. The third-order valence-corrected chi connectivity index (χ3v) is 3.84. The van der Waals surface area contributed by atoms with Gasteiger partial charge < -0.3 is 14.1 Å². The quantitative estimate of drug-likeness (QED) is 0.736. The van der Waals surface area contributed by atoms with Gasteiger partial charge in [-0.1, -0.05) is 12.8 Å². The molecule has 1 saturated carbocycles. The Hall–Kier alpha value is -1.09. The molecular formula is C14H21NO2. The van der Waals surface area contributed by atoms with E-state index in [0.717, 1.165) is 31.7 Å². The Morgan fingerprint density at radius 2 is 2.18 bits per heavy atom. The van der Waals surface area contributed by atoms with Crippen molar-refractivity contribution in [1.29, 1.82) is 0 Å². The fourth-order valence-electron chi connectivity index (χ4n) is 2.85. The van der Waals surface area contributed by atoms with E-state index in [1.54, 1.807) is 6.26 Å². The molecule has 0 aromatic carbocycles. The van der Waals surface area contributed by atoms with Crippen LogP contribution in [0.15, 0.2) is 16.7 Å². The summed E-state index contributed by atoms with van der Waals surface area (Å²) in [5.74, 6) is 0.975. The molecule has 0 saturated heterocycles. The van der Waals surface area contributed by atoms with Crippen molar-refractivity contribution in [3.05, 3.63) is 23.7 Å². The molecule has 3 nitrogen and oxygen atoms in total. The minimum Gasteiger partial charge on any atom is -0.469 e. The van der Waals surface area contributed by atoms with Crippen molar-refractivity contribution in [3.8, 4) is 0 Å². The summed E-state index contributed by atoms with van der Waals surface area (Å²) < 4.78 is 5.29. The lowest BCUT2D eigenvalue weighted by Gasteiger charge is -2.28. The van der Waals surface area contributed by atoms with E-state index < -0.39 is 0 Å². The number of rotatable bonds is 5. The van der Waals surface area contributed by atoms with E-state index in [0.29, 0.717) is 0 Å². The molecule has 1 aliphatic rings. The smallest absolute Gasteiger partial charge is 0.127 e. The normalized spacial score (nSPS) is 18.8. The van der Waals surface area contributed by atoms with E-state index in [1.807, 2.05) is 13.0 Å². The molecule has 17 heavy (non-hydrogen) atoms. The van der Waals surface area contributed by atoms with E-state index in [-0.39, 0.29) is 5.41 Å². The van der Waals surface area contributed by atoms with Crippen molar-refractivity contribution >= 4 is 6.29 Å². The molecule has 0 aliphatic heterocycles. The van der Waals surface area contributed by atoms with Crippen molar-refractivity contribution in [3.63, 3.8) is 0 Å². The summed E-state index contributed by atoms with van der Waals surface area (Å²) in [7, 11) is 2.08. The first-order valence-electron chi connectivity index (χ1n) is 6.33. The van der Waals surface area contributed by atoms with Crippen molar-refractivity contribution in [2.24, 2.45) is 5.41 Å². The summed E-state index contributed by atoms with van der Waals surface area (Å²) in [5, 5.41) is 0. The standard InChI is InChI=1S/C14H21NO2/c1-12-13(5-8-17-12)9-15(2)10-14(11-16)6-3-4-7-14/h5,8,11H,3-4,6-7,9-10H2,1-2H3. The topological polar surface area (TPSA) is 33.5 Å². The van der Waals surface area contributed by atoms with Crippen molar-refractivity contribution in [1.82, 2.24) is 4.90 Å². The molecule has 0 spiro atoms. The second-order valence-corrected chi connectivity index (χ2v) is 5.36. The van der Waals surface area contributed by atoms with Crippen LogP contribution >= 0.6 is 0 Å². The van der Waals surface area contributed by atoms with Crippen molar-refractivity contribution in [2.45, 2.75) is 39.2 Å². The molecule has 94 valence electrons. The SMILES string of the molecule is Cc1occc1CN(C)CC1(C=O)CCCC1. The van der Waals surface area contributed by atoms with Gasteiger partial charge in [-0.25, -0.2) is 0 Å². The molecule has 1 heterocycles. The van der Waals surface area contributed by atoms with Crippen LogP contribution in [-0.2, 0) is 11.3 Å². The zero-order valence-electron chi connectivity index (χ0n) is 10.7. The van der Waals surface area contributed by atoms with Crippen molar-refractivity contribution < 1.29 is 9.21 Å². The molecule has 0 radical (unpaired) electrons. The summed E-state index contributed by atoms with van der Waals surface area (Å²) in [5.41, 5.74) is 1.12. The second kappa shape index (κ2) is 5.05. The maximum absolute atomic E-state index is 11.3. The molecule has 0 unspecified atom stereocenters. The molecule has 0 atom stereocenters. The summed E-state index contributed by atoms with van der Waals surface area (Å²) >= 11 is 0. The summed E-state index contributed by atoms with van der Waals surface area (Å²) in [6.07, 6.45) is 7.38. The van der Waals surface area contributed by atoms with Gasteiger partial charge in [0.2, 0.25) is 0 Å². The third-order valence-electron chi connectivity index (χ3n) is 3.84. The molecular weight excluding hydrogens is 214 g/mol. The highest BCUT2D eigenvalue weighted by atomic mass is 16.3. The maximum Gasteiger partial charge on any atom is 0.127 e. The molecule has 0 amide bonds. The van der Waals surface area contributed by atoms with Crippen molar-refractivity contribution in [2.75, 3.05) is 13.6 Å². The molecule has 0 bridgehead atoms.